The zero-order chi connectivity index (χ0) is 18.3. The van der Waals surface area contributed by atoms with E-state index in [-0.39, 0.29) is 23.8 Å². The van der Waals surface area contributed by atoms with Crippen LogP contribution in [0.15, 0.2) is 49.4 Å². The number of benzene rings is 1. The van der Waals surface area contributed by atoms with Crippen LogP contribution in [0.5, 0.6) is 0 Å². The minimum absolute atomic E-state index is 0.159. The minimum Gasteiger partial charge on any atom is -0.361 e. The fraction of sp³-hybridized carbons (Fsp3) is 0.211. The molecule has 0 fully saturated rings. The summed E-state index contributed by atoms with van der Waals surface area (Å²) in [4.78, 5) is 25.6. The molecule has 1 aliphatic heterocycles. The maximum Gasteiger partial charge on any atom is 0.246 e. The quantitative estimate of drug-likeness (QED) is 0.710. The highest BCUT2D eigenvalue weighted by Crippen LogP contribution is 2.37. The summed E-state index contributed by atoms with van der Waals surface area (Å²) in [5, 5.41) is 4.20. The van der Waals surface area contributed by atoms with Crippen molar-refractivity contribution in [1.82, 2.24) is 19.9 Å². The summed E-state index contributed by atoms with van der Waals surface area (Å²) in [5.41, 5.74) is 2.45. The Morgan fingerprint density at radius 3 is 3.04 bits per heavy atom. The van der Waals surface area contributed by atoms with Crippen molar-refractivity contribution in [2.24, 2.45) is 0 Å². The second-order valence-electron chi connectivity index (χ2n) is 6.30. The van der Waals surface area contributed by atoms with Crippen molar-refractivity contribution in [3.05, 3.63) is 66.4 Å². The summed E-state index contributed by atoms with van der Waals surface area (Å²) < 4.78 is 13.9. The Morgan fingerprint density at radius 2 is 2.23 bits per heavy atom. The molecule has 132 valence electrons. The summed E-state index contributed by atoms with van der Waals surface area (Å²) in [6, 6.07) is 6.10. The number of halogens is 1. The highest BCUT2D eigenvalue weighted by molar-refractivity contribution is 5.88. The molecular weight excluding hydrogens is 333 g/mol. The molecule has 2 N–H and O–H groups in total. The monoisotopic (exact) mass is 351 g/mol. The molecule has 26 heavy (non-hydrogen) atoms. The first-order valence-electron chi connectivity index (χ1n) is 8.35. The Balaban J connectivity index is 1.78. The Bertz CT molecular complexity index is 999. The molecule has 3 heterocycles. The standard InChI is InChI=1S/C19H18FN5O/c1-3-17(26)25-9-16(15-8-12(20)4-5-13(15)11(25)2)24-19-14-6-7-21-18(14)22-10-23-19/h3-8,10-11,16H,1,9H2,2H3,(H2,21,22,23,24)/t11-,16+/m0/s1. The van der Waals surface area contributed by atoms with Crippen LogP contribution < -0.4 is 5.32 Å². The highest BCUT2D eigenvalue weighted by Gasteiger charge is 2.33. The van der Waals surface area contributed by atoms with E-state index in [4.69, 9.17) is 0 Å². The van der Waals surface area contributed by atoms with Gasteiger partial charge < -0.3 is 15.2 Å². The lowest BCUT2D eigenvalue weighted by molar-refractivity contribution is -0.128. The van der Waals surface area contributed by atoms with Crippen molar-refractivity contribution in [3.63, 3.8) is 0 Å². The molecule has 1 aromatic carbocycles. The van der Waals surface area contributed by atoms with Crippen LogP contribution in [-0.4, -0.2) is 32.3 Å². The molecule has 6 nitrogen and oxygen atoms in total. The van der Waals surface area contributed by atoms with Gasteiger partial charge in [0.2, 0.25) is 5.91 Å². The van der Waals surface area contributed by atoms with Crippen LogP contribution in [0.2, 0.25) is 0 Å². The predicted molar refractivity (Wildman–Crippen MR) is 97.0 cm³/mol. The van der Waals surface area contributed by atoms with Crippen LogP contribution in [0.4, 0.5) is 10.2 Å². The van der Waals surface area contributed by atoms with Crippen LogP contribution in [0.3, 0.4) is 0 Å². The van der Waals surface area contributed by atoms with Crippen molar-refractivity contribution in [1.29, 1.82) is 0 Å². The van der Waals surface area contributed by atoms with E-state index in [1.807, 2.05) is 13.0 Å². The zero-order valence-electron chi connectivity index (χ0n) is 14.2. The van der Waals surface area contributed by atoms with E-state index < -0.39 is 0 Å². The summed E-state index contributed by atoms with van der Waals surface area (Å²) >= 11 is 0. The van der Waals surface area contributed by atoms with E-state index in [2.05, 4.69) is 26.8 Å². The van der Waals surface area contributed by atoms with Crippen molar-refractivity contribution in [2.45, 2.75) is 19.0 Å². The van der Waals surface area contributed by atoms with Crippen LogP contribution in [-0.2, 0) is 4.79 Å². The van der Waals surface area contributed by atoms with Gasteiger partial charge in [-0.15, -0.1) is 0 Å². The number of nitrogens with zero attached hydrogens (tertiary/aromatic N) is 3. The van der Waals surface area contributed by atoms with Gasteiger partial charge in [0.25, 0.3) is 0 Å². The molecule has 0 spiro atoms. The van der Waals surface area contributed by atoms with E-state index in [0.717, 1.165) is 16.5 Å². The zero-order valence-corrected chi connectivity index (χ0v) is 14.2. The average Bonchev–Trinajstić information content (AvgIpc) is 3.13. The number of H-pyrrole nitrogens is 1. The van der Waals surface area contributed by atoms with Crippen LogP contribution in [0.1, 0.15) is 30.1 Å². The maximum absolute atomic E-state index is 13.9. The predicted octanol–water partition coefficient (Wildman–Crippen LogP) is 3.34. The molecular formula is C19H18FN5O. The smallest absolute Gasteiger partial charge is 0.246 e. The summed E-state index contributed by atoms with van der Waals surface area (Å²) in [6.45, 7) is 5.91. The van der Waals surface area contributed by atoms with Crippen LogP contribution >= 0.6 is 0 Å². The SMILES string of the molecule is C=CC(=O)N1C[C@@H](Nc2ncnc3[nH]ccc23)c2cc(F)ccc2[C@@H]1C. The molecule has 0 saturated heterocycles. The molecule has 1 aliphatic rings. The molecule has 4 rings (SSSR count). The van der Waals surface area contributed by atoms with Gasteiger partial charge in [0, 0.05) is 12.7 Å². The Morgan fingerprint density at radius 1 is 1.38 bits per heavy atom. The minimum atomic E-state index is -0.305. The van der Waals surface area contributed by atoms with E-state index in [1.165, 1.54) is 24.5 Å². The number of aromatic nitrogens is 3. The van der Waals surface area contributed by atoms with Crippen LogP contribution in [0, 0.1) is 5.82 Å². The fourth-order valence-electron chi connectivity index (χ4n) is 3.52. The third-order valence-corrected chi connectivity index (χ3v) is 4.84. The highest BCUT2D eigenvalue weighted by atomic mass is 19.1. The van der Waals surface area contributed by atoms with Gasteiger partial charge in [0.1, 0.15) is 23.6 Å². The number of fused-ring (bicyclic) bond motifs is 2. The topological polar surface area (TPSA) is 73.9 Å². The Hall–Kier alpha value is -3.22. The van der Waals surface area contributed by atoms with E-state index in [0.29, 0.717) is 18.0 Å². The van der Waals surface area contributed by atoms with Crippen molar-refractivity contribution >= 4 is 22.8 Å². The molecule has 2 aromatic heterocycles. The number of carbonyl (C=O) groups is 1. The third-order valence-electron chi connectivity index (χ3n) is 4.84. The van der Waals surface area contributed by atoms with Crippen molar-refractivity contribution in [2.75, 3.05) is 11.9 Å². The van der Waals surface area contributed by atoms with Crippen molar-refractivity contribution in [3.8, 4) is 0 Å². The Labute approximate surface area is 149 Å². The number of nitrogens with one attached hydrogen (secondary N) is 2. The molecule has 0 unspecified atom stereocenters. The van der Waals surface area contributed by atoms with E-state index in [9.17, 15) is 9.18 Å². The summed E-state index contributed by atoms with van der Waals surface area (Å²) in [6.07, 6.45) is 4.55. The van der Waals surface area contributed by atoms with Crippen molar-refractivity contribution < 1.29 is 9.18 Å². The van der Waals surface area contributed by atoms with Gasteiger partial charge in [0.05, 0.1) is 17.5 Å². The number of aromatic amines is 1. The molecule has 0 aliphatic carbocycles. The van der Waals surface area contributed by atoms with Gasteiger partial charge in [-0.1, -0.05) is 12.6 Å². The van der Waals surface area contributed by atoms with Crippen LogP contribution in [0.25, 0.3) is 11.0 Å². The van der Waals surface area contributed by atoms with E-state index >= 15 is 0 Å². The van der Waals surface area contributed by atoms with Gasteiger partial charge >= 0.3 is 0 Å². The first-order valence-corrected chi connectivity index (χ1v) is 8.35. The lowest BCUT2D eigenvalue weighted by Gasteiger charge is -2.39. The number of hydrogen-bond donors (Lipinski definition) is 2. The largest absolute Gasteiger partial charge is 0.361 e. The van der Waals surface area contributed by atoms with Gasteiger partial charge in [-0.2, -0.15) is 0 Å². The second-order valence-corrected chi connectivity index (χ2v) is 6.30. The van der Waals surface area contributed by atoms with Gasteiger partial charge in [-0.05, 0) is 42.3 Å². The van der Waals surface area contributed by atoms with Gasteiger partial charge in [-0.3, -0.25) is 4.79 Å². The van der Waals surface area contributed by atoms with Gasteiger partial charge in [0.15, 0.2) is 0 Å². The lowest BCUT2D eigenvalue weighted by Crippen LogP contribution is -2.42. The molecule has 1 amide bonds. The number of carbonyl (C=O) groups excluding carboxylic acids is 1. The first-order chi connectivity index (χ1) is 12.6. The molecule has 0 saturated carbocycles. The molecule has 0 bridgehead atoms. The average molecular weight is 351 g/mol. The fourth-order valence-corrected chi connectivity index (χ4v) is 3.52. The Kier molecular flexibility index (Phi) is 3.91. The number of anilines is 1. The molecule has 3 aromatic rings. The summed E-state index contributed by atoms with van der Waals surface area (Å²) in [5.74, 6) is 0.173. The molecule has 0 radical (unpaired) electrons. The first kappa shape index (κ1) is 16.3. The number of hydrogen-bond acceptors (Lipinski definition) is 4. The number of rotatable bonds is 3. The summed E-state index contributed by atoms with van der Waals surface area (Å²) in [7, 11) is 0. The lowest BCUT2D eigenvalue weighted by atomic mass is 9.89. The third kappa shape index (κ3) is 2.61. The normalized spacial score (nSPS) is 19.2. The number of amides is 1. The maximum atomic E-state index is 13.9. The van der Waals surface area contributed by atoms with Gasteiger partial charge in [-0.25, -0.2) is 14.4 Å². The second kappa shape index (κ2) is 6.25. The molecule has 2 atom stereocenters. The molecule has 7 heteroatoms. The van der Waals surface area contributed by atoms with E-state index in [1.54, 1.807) is 17.2 Å².